The van der Waals surface area contributed by atoms with Crippen LogP contribution in [0, 0.1) is 11.8 Å². The molecule has 22 heavy (non-hydrogen) atoms. The first-order chi connectivity index (χ1) is 10.8. The monoisotopic (exact) mass is 306 g/mol. The fourth-order valence-electron chi connectivity index (χ4n) is 2.34. The van der Waals surface area contributed by atoms with Gasteiger partial charge in [-0.15, -0.1) is 0 Å². The summed E-state index contributed by atoms with van der Waals surface area (Å²) in [6, 6.07) is 0. The normalized spacial score (nSPS) is 10.6. The Morgan fingerprint density at radius 3 is 2.23 bits per heavy atom. The summed E-state index contributed by atoms with van der Waals surface area (Å²) >= 11 is 0. The molecule has 0 bridgehead atoms. The second-order valence-electron chi connectivity index (χ2n) is 5.94. The van der Waals surface area contributed by atoms with Crippen molar-refractivity contribution in [1.82, 2.24) is 0 Å². The highest BCUT2D eigenvalue weighted by Gasteiger charge is 1.96. The van der Waals surface area contributed by atoms with Gasteiger partial charge in [0.05, 0.1) is 0 Å². The molecule has 0 saturated carbocycles. The Morgan fingerprint density at radius 1 is 0.909 bits per heavy atom. The third kappa shape index (κ3) is 18.8. The lowest BCUT2D eigenvalue weighted by atomic mass is 10.1. The highest BCUT2D eigenvalue weighted by Crippen LogP contribution is 2.09. The fraction of sp³-hybridized carbons (Fsp3) is 0.750. The van der Waals surface area contributed by atoms with Crippen LogP contribution < -0.4 is 0 Å². The smallest absolute Gasteiger partial charge is 0.303 e. The summed E-state index contributed by atoms with van der Waals surface area (Å²) in [4.78, 5) is 10.3. The van der Waals surface area contributed by atoms with Crippen molar-refractivity contribution < 1.29 is 9.90 Å². The quantitative estimate of drug-likeness (QED) is 0.310. The zero-order valence-electron chi connectivity index (χ0n) is 14.4. The van der Waals surface area contributed by atoms with E-state index in [9.17, 15) is 4.79 Å². The first-order valence-electron chi connectivity index (χ1n) is 9.12. The Labute approximate surface area is 137 Å². The SMILES string of the molecule is CCCCCC/C=C/C#CCCCCCCCCCC(=O)O. The minimum Gasteiger partial charge on any atom is -0.481 e. The molecule has 2 nitrogen and oxygen atoms in total. The first kappa shape index (κ1) is 20.8. The van der Waals surface area contributed by atoms with Crippen molar-refractivity contribution in [3.63, 3.8) is 0 Å². The summed E-state index contributed by atoms with van der Waals surface area (Å²) in [5.41, 5.74) is 0. The fourth-order valence-corrected chi connectivity index (χ4v) is 2.34. The van der Waals surface area contributed by atoms with E-state index in [-0.39, 0.29) is 0 Å². The van der Waals surface area contributed by atoms with E-state index in [1.165, 1.54) is 57.8 Å². The lowest BCUT2D eigenvalue weighted by Crippen LogP contribution is -1.93. The van der Waals surface area contributed by atoms with Gasteiger partial charge in [-0.1, -0.05) is 76.2 Å². The van der Waals surface area contributed by atoms with E-state index in [0.29, 0.717) is 6.42 Å². The van der Waals surface area contributed by atoms with Gasteiger partial charge in [0.25, 0.3) is 0 Å². The lowest BCUT2D eigenvalue weighted by molar-refractivity contribution is -0.137. The van der Waals surface area contributed by atoms with Gasteiger partial charge >= 0.3 is 5.97 Å². The Hall–Kier alpha value is -1.23. The topological polar surface area (TPSA) is 37.3 Å². The maximum absolute atomic E-state index is 10.3. The average Bonchev–Trinajstić information content (AvgIpc) is 2.50. The number of hydrogen-bond donors (Lipinski definition) is 1. The van der Waals surface area contributed by atoms with Crippen molar-refractivity contribution in [3.8, 4) is 11.8 Å². The molecule has 126 valence electrons. The number of carboxylic acid groups (broad SMARTS) is 1. The Morgan fingerprint density at radius 2 is 1.55 bits per heavy atom. The number of hydrogen-bond acceptors (Lipinski definition) is 1. The van der Waals surface area contributed by atoms with Crippen molar-refractivity contribution in [1.29, 1.82) is 0 Å². The van der Waals surface area contributed by atoms with Crippen molar-refractivity contribution in [3.05, 3.63) is 12.2 Å². The van der Waals surface area contributed by atoms with Gasteiger partial charge < -0.3 is 5.11 Å². The molecule has 0 aromatic carbocycles. The van der Waals surface area contributed by atoms with Crippen LogP contribution in [0.15, 0.2) is 12.2 Å². The van der Waals surface area contributed by atoms with Gasteiger partial charge in [0.2, 0.25) is 0 Å². The molecule has 0 unspecified atom stereocenters. The predicted octanol–water partition coefficient (Wildman–Crippen LogP) is 6.11. The summed E-state index contributed by atoms with van der Waals surface area (Å²) in [5, 5.41) is 8.52. The summed E-state index contributed by atoms with van der Waals surface area (Å²) in [7, 11) is 0. The highest BCUT2D eigenvalue weighted by atomic mass is 16.4. The summed E-state index contributed by atoms with van der Waals surface area (Å²) in [6.45, 7) is 2.24. The van der Waals surface area contributed by atoms with Crippen LogP contribution in [0.5, 0.6) is 0 Å². The van der Waals surface area contributed by atoms with E-state index in [1.54, 1.807) is 0 Å². The van der Waals surface area contributed by atoms with E-state index >= 15 is 0 Å². The number of aliphatic carboxylic acids is 1. The zero-order chi connectivity index (χ0) is 16.3. The molecular formula is C20H34O2. The molecule has 0 fully saturated rings. The summed E-state index contributed by atoms with van der Waals surface area (Å²) in [6.07, 6.45) is 19.9. The third-order valence-electron chi connectivity index (χ3n) is 3.72. The van der Waals surface area contributed by atoms with Gasteiger partial charge in [-0.05, 0) is 31.8 Å². The van der Waals surface area contributed by atoms with Gasteiger partial charge in [0, 0.05) is 12.8 Å². The van der Waals surface area contributed by atoms with Crippen molar-refractivity contribution >= 4 is 5.97 Å². The molecule has 0 spiro atoms. The first-order valence-corrected chi connectivity index (χ1v) is 9.12. The molecule has 0 heterocycles. The van der Waals surface area contributed by atoms with Crippen LogP contribution in [0.4, 0.5) is 0 Å². The van der Waals surface area contributed by atoms with Crippen LogP contribution in [0.25, 0.3) is 0 Å². The number of unbranched alkanes of at least 4 members (excludes halogenated alkanes) is 11. The van der Waals surface area contributed by atoms with Gasteiger partial charge in [0.15, 0.2) is 0 Å². The Kier molecular flexibility index (Phi) is 16.8. The van der Waals surface area contributed by atoms with Crippen LogP contribution in [-0.4, -0.2) is 11.1 Å². The Bertz CT molecular complexity index is 333. The molecule has 0 aliphatic rings. The number of carboxylic acids is 1. The molecule has 0 radical (unpaired) electrons. The molecule has 0 aromatic heterocycles. The van der Waals surface area contributed by atoms with Crippen LogP contribution in [0.1, 0.15) is 96.8 Å². The van der Waals surface area contributed by atoms with Crippen LogP contribution >= 0.6 is 0 Å². The molecule has 0 rings (SSSR count). The molecule has 0 aromatic rings. The summed E-state index contributed by atoms with van der Waals surface area (Å²) in [5.74, 6) is 5.66. The predicted molar refractivity (Wildman–Crippen MR) is 94.9 cm³/mol. The zero-order valence-corrected chi connectivity index (χ0v) is 14.4. The second-order valence-corrected chi connectivity index (χ2v) is 5.94. The van der Waals surface area contributed by atoms with E-state index in [0.717, 1.165) is 25.7 Å². The largest absolute Gasteiger partial charge is 0.481 e. The lowest BCUT2D eigenvalue weighted by Gasteiger charge is -1.99. The second kappa shape index (κ2) is 17.8. The molecule has 2 heteroatoms. The summed E-state index contributed by atoms with van der Waals surface area (Å²) < 4.78 is 0. The molecule has 1 N–H and O–H groups in total. The van der Waals surface area contributed by atoms with Crippen molar-refractivity contribution in [2.75, 3.05) is 0 Å². The van der Waals surface area contributed by atoms with Gasteiger partial charge in [-0.3, -0.25) is 4.79 Å². The molecule has 0 aliphatic heterocycles. The highest BCUT2D eigenvalue weighted by molar-refractivity contribution is 5.66. The van der Waals surface area contributed by atoms with Gasteiger partial charge in [-0.25, -0.2) is 0 Å². The maximum atomic E-state index is 10.3. The molecule has 0 aliphatic carbocycles. The standard InChI is InChI=1S/C20H34O2/c1-2-3-4-5-6-7-8-9-10-11-12-13-14-15-16-17-18-19-20(21)22/h7-8H,2-6,11-19H2,1H3,(H,21,22)/b8-7+. The minimum absolute atomic E-state index is 0.321. The van der Waals surface area contributed by atoms with E-state index in [1.807, 2.05) is 6.08 Å². The van der Waals surface area contributed by atoms with E-state index < -0.39 is 5.97 Å². The molecule has 0 atom stereocenters. The van der Waals surface area contributed by atoms with Crippen LogP contribution in [-0.2, 0) is 4.79 Å². The van der Waals surface area contributed by atoms with Gasteiger partial charge in [0.1, 0.15) is 0 Å². The van der Waals surface area contributed by atoms with E-state index in [2.05, 4.69) is 24.8 Å². The number of carbonyl (C=O) groups is 1. The van der Waals surface area contributed by atoms with Crippen molar-refractivity contribution in [2.24, 2.45) is 0 Å². The van der Waals surface area contributed by atoms with E-state index in [4.69, 9.17) is 5.11 Å². The van der Waals surface area contributed by atoms with Crippen LogP contribution in [0.2, 0.25) is 0 Å². The average molecular weight is 306 g/mol. The molecule has 0 amide bonds. The number of allylic oxidation sites excluding steroid dienone is 2. The van der Waals surface area contributed by atoms with Crippen molar-refractivity contribution in [2.45, 2.75) is 96.8 Å². The molecular weight excluding hydrogens is 272 g/mol. The Balaban J connectivity index is 3.21. The minimum atomic E-state index is -0.673. The molecule has 0 saturated heterocycles. The maximum Gasteiger partial charge on any atom is 0.303 e. The third-order valence-corrected chi connectivity index (χ3v) is 3.72. The number of rotatable bonds is 14. The van der Waals surface area contributed by atoms with Crippen LogP contribution in [0.3, 0.4) is 0 Å². The van der Waals surface area contributed by atoms with Gasteiger partial charge in [-0.2, -0.15) is 0 Å².